The van der Waals surface area contributed by atoms with Crippen molar-refractivity contribution in [3.63, 3.8) is 0 Å². The molecule has 1 amide bonds. The van der Waals surface area contributed by atoms with Crippen LogP contribution < -0.4 is 15.4 Å². The summed E-state index contributed by atoms with van der Waals surface area (Å²) in [6.07, 6.45) is -5.08. The Labute approximate surface area is 195 Å². The van der Waals surface area contributed by atoms with Crippen LogP contribution in [0.3, 0.4) is 0 Å². The molecule has 0 spiro atoms. The number of rotatable bonds is 2. The van der Waals surface area contributed by atoms with E-state index in [2.05, 4.69) is 47.1 Å². The Kier molecular flexibility index (Phi) is 7.28. The number of aliphatic carboxylic acids is 1. The maximum Gasteiger partial charge on any atom is 0.490 e. The summed E-state index contributed by atoms with van der Waals surface area (Å²) in [7, 11) is 0. The number of halogens is 4. The summed E-state index contributed by atoms with van der Waals surface area (Å²) in [6.45, 7) is 2.69. The zero-order chi connectivity index (χ0) is 24.3. The fraction of sp³-hybridized carbons (Fsp3) is 0.217. The molecule has 0 aromatic heterocycles. The molecule has 3 N–H and O–H groups in total. The summed E-state index contributed by atoms with van der Waals surface area (Å²) < 4.78 is 38.4. The molecule has 0 aliphatic carbocycles. The zero-order valence-electron chi connectivity index (χ0n) is 17.4. The van der Waals surface area contributed by atoms with Crippen molar-refractivity contribution in [1.29, 1.82) is 0 Å². The number of carboxylic acid groups (broad SMARTS) is 1. The molecule has 1 aliphatic rings. The maximum absolute atomic E-state index is 13.0. The van der Waals surface area contributed by atoms with Gasteiger partial charge in [0, 0.05) is 0 Å². The number of anilines is 1. The van der Waals surface area contributed by atoms with Crippen LogP contribution >= 0.6 is 15.9 Å². The van der Waals surface area contributed by atoms with Crippen LogP contribution in [0.2, 0.25) is 0 Å². The van der Waals surface area contributed by atoms with Gasteiger partial charge in [-0.05, 0) is 56.9 Å². The largest absolute Gasteiger partial charge is 0.490 e. The highest BCUT2D eigenvalue weighted by Gasteiger charge is 2.38. The number of benzene rings is 3. The lowest BCUT2D eigenvalue weighted by molar-refractivity contribution is -0.192. The number of alkyl halides is 3. The fourth-order valence-corrected chi connectivity index (χ4v) is 3.86. The molecule has 4 rings (SSSR count). The summed E-state index contributed by atoms with van der Waals surface area (Å²) in [6, 6.07) is 17.4. The number of ether oxygens (including phenoxy) is 1. The molecule has 3 aromatic rings. The number of amides is 1. The Morgan fingerprint density at radius 2 is 1.85 bits per heavy atom. The second-order valence-corrected chi connectivity index (χ2v) is 8.17. The quantitative estimate of drug-likeness (QED) is 0.502. The molecule has 3 aromatic carbocycles. The first kappa shape index (κ1) is 24.5. The Morgan fingerprint density at radius 3 is 2.52 bits per heavy atom. The molecule has 1 atom stereocenters. The van der Waals surface area contributed by atoms with Gasteiger partial charge in [0.2, 0.25) is 5.91 Å². The van der Waals surface area contributed by atoms with Gasteiger partial charge in [0.25, 0.3) is 0 Å². The molecule has 0 saturated carbocycles. The van der Waals surface area contributed by atoms with Crippen LogP contribution in [0.25, 0.3) is 10.8 Å². The van der Waals surface area contributed by atoms with E-state index < -0.39 is 18.2 Å². The molecule has 0 radical (unpaired) electrons. The summed E-state index contributed by atoms with van der Waals surface area (Å²) in [5.41, 5.74) is 9.08. The van der Waals surface area contributed by atoms with Gasteiger partial charge >= 0.3 is 12.1 Å². The average molecular weight is 525 g/mol. The van der Waals surface area contributed by atoms with Gasteiger partial charge in [-0.15, -0.1) is 0 Å². The number of carboxylic acids is 1. The zero-order valence-corrected chi connectivity index (χ0v) is 19.0. The minimum Gasteiger partial charge on any atom is -0.488 e. The molecule has 1 heterocycles. The number of carbonyl (C=O) groups excluding carboxylic acids is 1. The van der Waals surface area contributed by atoms with Crippen LogP contribution in [-0.2, 0) is 16.1 Å². The van der Waals surface area contributed by atoms with Gasteiger partial charge in [0.15, 0.2) is 5.75 Å². The molecule has 33 heavy (non-hydrogen) atoms. The first-order chi connectivity index (χ1) is 15.5. The van der Waals surface area contributed by atoms with E-state index in [1.165, 1.54) is 0 Å². The molecule has 0 saturated heterocycles. The molecule has 10 heteroatoms. The lowest BCUT2D eigenvalue weighted by atomic mass is 9.99. The standard InChI is InChI=1S/C21H19BrN2O2.C2HF3O2/c1-13-9-10-14-5-2-3-6-15(14)16(13)11-24-19-8-4-7-17(22)20(19)26-12-18(23)21(24)25;3-2(4,5)1(6)7/h2-10,18H,11-12,23H2,1H3;(H,6,7)/t18-;/m0./s1. The van der Waals surface area contributed by atoms with Crippen LogP contribution in [0.1, 0.15) is 11.1 Å². The SMILES string of the molecule is Cc1ccc2ccccc2c1CN1C(=O)[C@@H](N)COc2c(Br)cccc21.O=C(O)C(F)(F)F. The van der Waals surface area contributed by atoms with E-state index in [9.17, 15) is 18.0 Å². The molecular weight excluding hydrogens is 505 g/mol. The average Bonchev–Trinajstić information content (AvgIpc) is 2.88. The van der Waals surface area contributed by atoms with Crippen molar-refractivity contribution in [3.8, 4) is 5.75 Å². The van der Waals surface area contributed by atoms with Crippen LogP contribution in [-0.4, -0.2) is 35.8 Å². The molecule has 174 valence electrons. The van der Waals surface area contributed by atoms with Crippen LogP contribution in [0.5, 0.6) is 5.75 Å². The first-order valence-electron chi connectivity index (χ1n) is 9.76. The van der Waals surface area contributed by atoms with Crippen LogP contribution in [0.4, 0.5) is 18.9 Å². The van der Waals surface area contributed by atoms with Gasteiger partial charge in [-0.25, -0.2) is 4.79 Å². The Hall–Kier alpha value is -3.11. The third-order valence-electron chi connectivity index (χ3n) is 5.06. The lowest BCUT2D eigenvalue weighted by Gasteiger charge is -2.25. The minimum absolute atomic E-state index is 0.130. The molecule has 1 aliphatic heterocycles. The highest BCUT2D eigenvalue weighted by molar-refractivity contribution is 9.10. The van der Waals surface area contributed by atoms with Crippen molar-refractivity contribution in [2.75, 3.05) is 11.5 Å². The number of aryl methyl sites for hydroxylation is 1. The van der Waals surface area contributed by atoms with E-state index in [0.29, 0.717) is 12.3 Å². The van der Waals surface area contributed by atoms with Gasteiger partial charge in [-0.1, -0.05) is 42.5 Å². The summed E-state index contributed by atoms with van der Waals surface area (Å²) in [5.74, 6) is -2.23. The van der Waals surface area contributed by atoms with Crippen LogP contribution in [0.15, 0.2) is 59.1 Å². The van der Waals surface area contributed by atoms with E-state index in [-0.39, 0.29) is 12.5 Å². The Balaban J connectivity index is 0.000000383. The third kappa shape index (κ3) is 5.45. The predicted octanol–water partition coefficient (Wildman–Crippen LogP) is 4.80. The van der Waals surface area contributed by atoms with Gasteiger partial charge in [0.05, 0.1) is 16.7 Å². The van der Waals surface area contributed by atoms with Crippen molar-refractivity contribution in [2.24, 2.45) is 5.73 Å². The van der Waals surface area contributed by atoms with Gasteiger partial charge in [0.1, 0.15) is 12.6 Å². The number of hydrogen-bond donors (Lipinski definition) is 2. The van der Waals surface area contributed by atoms with Gasteiger partial charge < -0.3 is 20.5 Å². The van der Waals surface area contributed by atoms with E-state index in [0.717, 1.165) is 32.1 Å². The third-order valence-corrected chi connectivity index (χ3v) is 5.69. The highest BCUT2D eigenvalue weighted by atomic mass is 79.9. The van der Waals surface area contributed by atoms with Crippen molar-refractivity contribution in [2.45, 2.75) is 25.7 Å². The monoisotopic (exact) mass is 524 g/mol. The molecular formula is C23H20BrF3N2O4. The number of hydrogen-bond acceptors (Lipinski definition) is 4. The molecule has 0 fully saturated rings. The molecule has 0 bridgehead atoms. The van der Waals surface area contributed by atoms with E-state index in [1.54, 1.807) is 4.90 Å². The number of nitrogens with zero attached hydrogens (tertiary/aromatic N) is 1. The minimum atomic E-state index is -5.08. The van der Waals surface area contributed by atoms with Gasteiger partial charge in [-0.3, -0.25) is 4.79 Å². The lowest BCUT2D eigenvalue weighted by Crippen LogP contribution is -2.45. The summed E-state index contributed by atoms with van der Waals surface area (Å²) in [4.78, 5) is 23.6. The highest BCUT2D eigenvalue weighted by Crippen LogP contribution is 2.39. The topological polar surface area (TPSA) is 92.9 Å². The van der Waals surface area contributed by atoms with Crippen LogP contribution in [0, 0.1) is 6.92 Å². The van der Waals surface area contributed by atoms with E-state index in [1.807, 2.05) is 30.3 Å². The predicted molar refractivity (Wildman–Crippen MR) is 121 cm³/mol. The van der Waals surface area contributed by atoms with E-state index >= 15 is 0 Å². The van der Waals surface area contributed by atoms with E-state index in [4.69, 9.17) is 20.4 Å². The van der Waals surface area contributed by atoms with Crippen molar-refractivity contribution >= 4 is 44.3 Å². The molecule has 0 unspecified atom stereocenters. The fourth-order valence-electron chi connectivity index (χ4n) is 3.39. The number of nitrogens with two attached hydrogens (primary N) is 1. The Morgan fingerprint density at radius 1 is 1.18 bits per heavy atom. The molecule has 6 nitrogen and oxygen atoms in total. The first-order valence-corrected chi connectivity index (χ1v) is 10.6. The second-order valence-electron chi connectivity index (χ2n) is 7.32. The van der Waals surface area contributed by atoms with Gasteiger partial charge in [-0.2, -0.15) is 13.2 Å². The number of para-hydroxylation sites is 1. The van der Waals surface area contributed by atoms with Crippen molar-refractivity contribution < 1.29 is 32.6 Å². The normalized spacial score (nSPS) is 15.8. The van der Waals surface area contributed by atoms with Crippen molar-refractivity contribution in [3.05, 3.63) is 70.2 Å². The maximum atomic E-state index is 13.0. The Bertz CT molecular complexity index is 1200. The number of carbonyl (C=O) groups is 2. The second kappa shape index (κ2) is 9.80. The summed E-state index contributed by atoms with van der Waals surface area (Å²) in [5, 5.41) is 9.43. The number of fused-ring (bicyclic) bond motifs is 2. The summed E-state index contributed by atoms with van der Waals surface area (Å²) >= 11 is 3.52. The smallest absolute Gasteiger partial charge is 0.488 e. The van der Waals surface area contributed by atoms with Crippen molar-refractivity contribution in [1.82, 2.24) is 0 Å².